The van der Waals surface area contributed by atoms with Gasteiger partial charge in [0, 0.05) is 39.9 Å². The van der Waals surface area contributed by atoms with E-state index in [0.29, 0.717) is 17.1 Å². The van der Waals surface area contributed by atoms with Crippen LogP contribution in [0.1, 0.15) is 5.69 Å². The van der Waals surface area contributed by atoms with E-state index in [1.54, 1.807) is 24.3 Å². The lowest BCUT2D eigenvalue weighted by Crippen LogP contribution is -2.19. The van der Waals surface area contributed by atoms with E-state index in [9.17, 15) is 9.59 Å². The number of anilines is 3. The van der Waals surface area contributed by atoms with Crippen LogP contribution in [0.5, 0.6) is 0 Å². The smallest absolute Gasteiger partial charge is 0.323 e. The van der Waals surface area contributed by atoms with Gasteiger partial charge in [-0.25, -0.2) is 9.78 Å². The molecule has 0 atom stereocenters. The molecule has 7 nitrogen and oxygen atoms in total. The van der Waals surface area contributed by atoms with E-state index < -0.39 is 0 Å². The summed E-state index contributed by atoms with van der Waals surface area (Å²) in [4.78, 5) is 30.3. The zero-order valence-electron chi connectivity index (χ0n) is 18.1. The first-order valence-corrected chi connectivity index (χ1v) is 11.6. The molecule has 8 heteroatoms. The summed E-state index contributed by atoms with van der Waals surface area (Å²) in [6.07, 6.45) is 2.19. The second kappa shape index (κ2) is 9.60. The highest BCUT2D eigenvalue weighted by molar-refractivity contribution is 7.15. The Morgan fingerprint density at radius 2 is 1.35 bits per heavy atom. The number of carbonyl (C=O) groups is 2. The Morgan fingerprint density at radius 1 is 0.765 bits per heavy atom. The van der Waals surface area contributed by atoms with Crippen LogP contribution in [0, 0.1) is 0 Å². The molecule has 0 aliphatic rings. The van der Waals surface area contributed by atoms with Gasteiger partial charge in [0.2, 0.25) is 5.91 Å². The monoisotopic (exact) mass is 467 g/mol. The minimum absolute atomic E-state index is 0.128. The Morgan fingerprint density at radius 3 is 2.03 bits per heavy atom. The Hall–Kier alpha value is -4.43. The van der Waals surface area contributed by atoms with Crippen molar-refractivity contribution in [1.82, 2.24) is 9.38 Å². The Balaban J connectivity index is 1.19. The third-order valence-electron chi connectivity index (χ3n) is 5.15. The molecule has 0 unspecified atom stereocenters. The first kappa shape index (κ1) is 21.4. The number of imidazole rings is 1. The van der Waals surface area contributed by atoms with Gasteiger partial charge < -0.3 is 16.0 Å². The van der Waals surface area contributed by atoms with Crippen molar-refractivity contribution in [2.24, 2.45) is 0 Å². The van der Waals surface area contributed by atoms with Crippen LogP contribution in [0.2, 0.25) is 0 Å². The van der Waals surface area contributed by atoms with Gasteiger partial charge in [-0.3, -0.25) is 9.20 Å². The van der Waals surface area contributed by atoms with Gasteiger partial charge in [0.05, 0.1) is 12.1 Å². The molecule has 0 aliphatic heterocycles. The molecule has 0 saturated carbocycles. The fraction of sp³-hybridized carbons (Fsp3) is 0.0385. The van der Waals surface area contributed by atoms with Crippen molar-refractivity contribution in [3.8, 4) is 11.3 Å². The molecule has 2 aromatic heterocycles. The lowest BCUT2D eigenvalue weighted by Gasteiger charge is -2.09. The Labute approximate surface area is 200 Å². The van der Waals surface area contributed by atoms with Crippen LogP contribution < -0.4 is 16.0 Å². The van der Waals surface area contributed by atoms with E-state index in [2.05, 4.69) is 20.9 Å². The van der Waals surface area contributed by atoms with Crippen LogP contribution in [0.25, 0.3) is 16.2 Å². The van der Waals surface area contributed by atoms with E-state index >= 15 is 0 Å². The summed E-state index contributed by atoms with van der Waals surface area (Å²) in [6, 6.07) is 25.8. The molecule has 0 aliphatic carbocycles. The van der Waals surface area contributed by atoms with Crippen molar-refractivity contribution < 1.29 is 9.59 Å². The van der Waals surface area contributed by atoms with Crippen molar-refractivity contribution in [3.05, 3.63) is 102 Å². The van der Waals surface area contributed by atoms with Crippen LogP contribution in [0.3, 0.4) is 0 Å². The molecule has 0 saturated heterocycles. The molecule has 0 radical (unpaired) electrons. The number of fused-ring (bicyclic) bond motifs is 1. The van der Waals surface area contributed by atoms with E-state index in [1.165, 1.54) is 11.3 Å². The lowest BCUT2D eigenvalue weighted by atomic mass is 10.2. The summed E-state index contributed by atoms with van der Waals surface area (Å²) < 4.78 is 1.96. The van der Waals surface area contributed by atoms with E-state index in [-0.39, 0.29) is 18.4 Å². The molecule has 34 heavy (non-hydrogen) atoms. The second-order valence-corrected chi connectivity index (χ2v) is 8.46. The predicted molar refractivity (Wildman–Crippen MR) is 136 cm³/mol. The van der Waals surface area contributed by atoms with Gasteiger partial charge in [-0.2, -0.15) is 0 Å². The number of aromatic nitrogens is 2. The first-order valence-electron chi connectivity index (χ1n) is 10.7. The van der Waals surface area contributed by atoms with Gasteiger partial charge in [0.1, 0.15) is 0 Å². The normalized spacial score (nSPS) is 10.7. The number of rotatable bonds is 6. The summed E-state index contributed by atoms with van der Waals surface area (Å²) in [5.74, 6) is -0.128. The summed E-state index contributed by atoms with van der Waals surface area (Å²) in [5.41, 5.74) is 4.79. The maximum absolute atomic E-state index is 12.6. The second-order valence-electron chi connectivity index (χ2n) is 7.62. The van der Waals surface area contributed by atoms with Crippen molar-refractivity contribution in [1.29, 1.82) is 0 Å². The molecule has 5 rings (SSSR count). The standard InChI is InChI=1S/C26H21N5O2S/c32-24(15-22-17-34-26-30-23(16-31(22)26)18-7-3-1-4-8-18)27-20-11-13-21(14-12-20)29-25(33)28-19-9-5-2-6-10-19/h1-14,16-17H,15H2,(H,27,32)(H2,28,29,33). The first-order chi connectivity index (χ1) is 16.6. The van der Waals surface area contributed by atoms with Crippen LogP contribution in [0.15, 0.2) is 96.5 Å². The van der Waals surface area contributed by atoms with E-state index in [0.717, 1.165) is 21.9 Å². The maximum Gasteiger partial charge on any atom is 0.323 e. The highest BCUT2D eigenvalue weighted by atomic mass is 32.1. The molecule has 3 amide bonds. The fourth-order valence-electron chi connectivity index (χ4n) is 3.53. The Kier molecular flexibility index (Phi) is 6.05. The fourth-order valence-corrected chi connectivity index (χ4v) is 4.40. The number of amides is 3. The maximum atomic E-state index is 12.6. The Bertz CT molecular complexity index is 1430. The number of nitrogens with one attached hydrogen (secondary N) is 3. The predicted octanol–water partition coefficient (Wildman–Crippen LogP) is 5.89. The zero-order valence-corrected chi connectivity index (χ0v) is 18.9. The number of carbonyl (C=O) groups excluding carboxylic acids is 2. The number of thiazole rings is 1. The van der Waals surface area contributed by atoms with Gasteiger partial charge in [-0.1, -0.05) is 48.5 Å². The number of nitrogens with zero attached hydrogens (tertiary/aromatic N) is 2. The van der Waals surface area contributed by atoms with Crippen LogP contribution in [0.4, 0.5) is 21.9 Å². The van der Waals surface area contributed by atoms with Gasteiger partial charge >= 0.3 is 6.03 Å². The summed E-state index contributed by atoms with van der Waals surface area (Å²) >= 11 is 1.51. The average molecular weight is 468 g/mol. The molecular formula is C26H21N5O2S. The molecular weight excluding hydrogens is 446 g/mol. The molecule has 168 valence electrons. The highest BCUT2D eigenvalue weighted by Crippen LogP contribution is 2.24. The topological polar surface area (TPSA) is 87.5 Å². The molecule has 2 heterocycles. The minimum Gasteiger partial charge on any atom is -0.326 e. The molecule has 3 N–H and O–H groups in total. The lowest BCUT2D eigenvalue weighted by molar-refractivity contribution is -0.115. The third kappa shape index (κ3) is 4.97. The number of para-hydroxylation sites is 1. The van der Waals surface area contributed by atoms with Crippen molar-refractivity contribution >= 4 is 45.3 Å². The average Bonchev–Trinajstić information content (AvgIpc) is 3.43. The van der Waals surface area contributed by atoms with Gasteiger partial charge in [-0.15, -0.1) is 11.3 Å². The molecule has 0 spiro atoms. The largest absolute Gasteiger partial charge is 0.326 e. The van der Waals surface area contributed by atoms with Crippen LogP contribution >= 0.6 is 11.3 Å². The van der Waals surface area contributed by atoms with Crippen LogP contribution in [-0.2, 0) is 11.2 Å². The quantitative estimate of drug-likeness (QED) is 0.291. The summed E-state index contributed by atoms with van der Waals surface area (Å²) in [6.45, 7) is 0. The molecule has 5 aromatic rings. The van der Waals surface area contributed by atoms with Crippen LogP contribution in [-0.4, -0.2) is 21.3 Å². The van der Waals surface area contributed by atoms with Crippen molar-refractivity contribution in [2.75, 3.05) is 16.0 Å². The van der Waals surface area contributed by atoms with Crippen molar-refractivity contribution in [2.45, 2.75) is 6.42 Å². The van der Waals surface area contributed by atoms with E-state index in [4.69, 9.17) is 0 Å². The number of benzene rings is 3. The third-order valence-corrected chi connectivity index (χ3v) is 6.04. The van der Waals surface area contributed by atoms with Crippen molar-refractivity contribution in [3.63, 3.8) is 0 Å². The number of hydrogen-bond donors (Lipinski definition) is 3. The SMILES string of the molecule is O=C(Cc1csc2nc(-c3ccccc3)cn12)Nc1ccc(NC(=O)Nc2ccccc2)cc1. The van der Waals surface area contributed by atoms with Gasteiger partial charge in [0.25, 0.3) is 0 Å². The molecule has 0 fully saturated rings. The van der Waals surface area contributed by atoms with Gasteiger partial charge in [0.15, 0.2) is 4.96 Å². The highest BCUT2D eigenvalue weighted by Gasteiger charge is 2.13. The molecule has 3 aromatic carbocycles. The minimum atomic E-state index is -0.334. The summed E-state index contributed by atoms with van der Waals surface area (Å²) in [5, 5.41) is 10.4. The van der Waals surface area contributed by atoms with Gasteiger partial charge in [-0.05, 0) is 36.4 Å². The number of hydrogen-bond acceptors (Lipinski definition) is 4. The summed E-state index contributed by atoms with van der Waals surface area (Å²) in [7, 11) is 0. The van der Waals surface area contributed by atoms with E-state index in [1.807, 2.05) is 76.6 Å². The zero-order chi connectivity index (χ0) is 23.3. The molecule has 0 bridgehead atoms. The number of urea groups is 1.